The summed E-state index contributed by atoms with van der Waals surface area (Å²) < 4.78 is 10.3. The molecule has 4 aliphatic rings. The lowest BCUT2D eigenvalue weighted by Gasteiger charge is -2.43. The zero-order valence-electron chi connectivity index (χ0n) is 32.9. The first-order valence-corrected chi connectivity index (χ1v) is 20.7. The van der Waals surface area contributed by atoms with Crippen LogP contribution in [-0.2, 0) is 36.7 Å². The quantitative estimate of drug-likeness (QED) is 0.328. The van der Waals surface area contributed by atoms with E-state index in [2.05, 4.69) is 32.2 Å². The Kier molecular flexibility index (Phi) is 15.8. The number of halogens is 1. The molecule has 3 fully saturated rings. The molecular weight excluding hydrogens is 784 g/mol. The van der Waals surface area contributed by atoms with Crippen LogP contribution >= 0.6 is 15.9 Å². The van der Waals surface area contributed by atoms with E-state index in [1.165, 1.54) is 12.7 Å². The predicted molar refractivity (Wildman–Crippen MR) is 215 cm³/mol. The number of esters is 1. The number of carbonyl (C=O) groups is 5. The lowest BCUT2D eigenvalue weighted by Crippen LogP contribution is -2.55. The van der Waals surface area contributed by atoms with Gasteiger partial charge >= 0.3 is 18.1 Å². The fraction of sp³-hybridized carbons (Fsp3) is 0.585. The van der Waals surface area contributed by atoms with Gasteiger partial charge in [-0.25, -0.2) is 9.59 Å². The van der Waals surface area contributed by atoms with Gasteiger partial charge in [0.1, 0.15) is 5.75 Å². The van der Waals surface area contributed by atoms with E-state index in [-0.39, 0.29) is 60.5 Å². The Morgan fingerprint density at radius 1 is 0.857 bits per heavy atom. The molecule has 3 saturated heterocycles. The molecule has 4 aliphatic heterocycles. The largest absolute Gasteiger partial charge is 0.507 e. The van der Waals surface area contributed by atoms with Crippen molar-refractivity contribution in [3.63, 3.8) is 0 Å². The first kappa shape index (κ1) is 42.8. The molecule has 2 aromatic rings. The van der Waals surface area contributed by atoms with Crippen molar-refractivity contribution in [3.05, 3.63) is 58.1 Å². The number of nitrogens with zero attached hydrogens (tertiary/aromatic N) is 5. The summed E-state index contributed by atoms with van der Waals surface area (Å²) in [7, 11) is 1.40. The Bertz CT molecular complexity index is 1670. The summed E-state index contributed by atoms with van der Waals surface area (Å²) >= 11 is 3.33. The van der Waals surface area contributed by atoms with E-state index in [1.54, 1.807) is 17.9 Å². The average Bonchev–Trinajstić information content (AvgIpc) is 3.39. The maximum atomic E-state index is 13.0. The number of para-hydroxylation sites is 1. The predicted octanol–water partition coefficient (Wildman–Crippen LogP) is 5.12. The molecule has 5 amide bonds. The number of piperazine rings is 1. The third-order valence-electron chi connectivity index (χ3n) is 11.3. The van der Waals surface area contributed by atoms with Crippen LogP contribution in [0.5, 0.6) is 5.75 Å². The number of aromatic hydroxyl groups is 1. The molecule has 0 spiro atoms. The van der Waals surface area contributed by atoms with E-state index in [1.807, 2.05) is 52.0 Å². The molecule has 306 valence electrons. The van der Waals surface area contributed by atoms with E-state index in [0.717, 1.165) is 69.5 Å². The second-order valence-corrected chi connectivity index (χ2v) is 15.7. The topological polar surface area (TPSA) is 152 Å². The van der Waals surface area contributed by atoms with E-state index in [4.69, 9.17) is 9.47 Å². The fourth-order valence-corrected chi connectivity index (χ4v) is 8.47. The van der Waals surface area contributed by atoms with Crippen molar-refractivity contribution in [1.82, 2.24) is 24.5 Å². The van der Waals surface area contributed by atoms with Crippen LogP contribution in [0.3, 0.4) is 0 Å². The van der Waals surface area contributed by atoms with Gasteiger partial charge in [-0.3, -0.25) is 19.3 Å². The number of benzene rings is 2. The van der Waals surface area contributed by atoms with Crippen molar-refractivity contribution in [2.75, 3.05) is 77.9 Å². The number of hydrogen-bond acceptors (Lipinski definition) is 9. The summed E-state index contributed by atoms with van der Waals surface area (Å²) in [6.07, 6.45) is 4.99. The van der Waals surface area contributed by atoms with Crippen LogP contribution in [0.25, 0.3) is 0 Å². The van der Waals surface area contributed by atoms with E-state index < -0.39 is 0 Å². The van der Waals surface area contributed by atoms with Crippen molar-refractivity contribution in [2.45, 2.75) is 77.3 Å². The molecular formula is C41H57BrN6O8. The van der Waals surface area contributed by atoms with Gasteiger partial charge in [-0.15, -0.1) is 0 Å². The van der Waals surface area contributed by atoms with Crippen molar-refractivity contribution in [1.29, 1.82) is 0 Å². The van der Waals surface area contributed by atoms with Crippen LogP contribution in [0.2, 0.25) is 0 Å². The Labute approximate surface area is 338 Å². The average molecular weight is 842 g/mol. The van der Waals surface area contributed by atoms with Crippen molar-refractivity contribution < 1.29 is 38.6 Å². The molecule has 56 heavy (non-hydrogen) atoms. The number of likely N-dealkylation sites (tertiary alicyclic amines) is 2. The van der Waals surface area contributed by atoms with Gasteiger partial charge in [0.05, 0.1) is 24.6 Å². The molecule has 4 heterocycles. The summed E-state index contributed by atoms with van der Waals surface area (Å²) in [5, 5.41) is 12.7. The number of phenols is 1. The number of ether oxygens (including phenoxy) is 2. The monoisotopic (exact) mass is 840 g/mol. The molecule has 2 N–H and O–H groups in total. The van der Waals surface area contributed by atoms with Gasteiger partial charge in [-0.1, -0.05) is 31.2 Å². The highest BCUT2D eigenvalue weighted by atomic mass is 79.9. The van der Waals surface area contributed by atoms with E-state index in [9.17, 15) is 29.1 Å². The minimum Gasteiger partial charge on any atom is -0.507 e. The van der Waals surface area contributed by atoms with Crippen LogP contribution in [-0.4, -0.2) is 144 Å². The first-order chi connectivity index (χ1) is 27.0. The molecule has 2 aromatic carbocycles. The van der Waals surface area contributed by atoms with Crippen LogP contribution in [0.1, 0.15) is 63.5 Å². The Morgan fingerprint density at radius 2 is 1.52 bits per heavy atom. The van der Waals surface area contributed by atoms with E-state index >= 15 is 0 Å². The Hall–Kier alpha value is -4.37. The molecule has 0 aliphatic carbocycles. The number of methoxy groups -OCH3 is 1. The molecule has 15 heteroatoms. The smallest absolute Gasteiger partial charge is 0.409 e. The normalized spacial score (nSPS) is 18.8. The standard InChI is InChI=1S/C25H36BrN3O5.C16H21N3O3/c1-3-34-24(32)7-6-23(31)28-10-8-20(9-11-28)27-12-14-29(15-13-27)25(33)18(2)16-19-4-5-22(30)21(26)17-19;1-22-16(21)18-9-7-13(8-10-18)19-11-6-12-4-2-3-5-14(12)17-15(19)20/h4-5,17-18,20,30H,3,6-16H2,1-2H3;2-5,13H,6-11H2,1H3,(H,17,20)/t18-;/m1./s1. The van der Waals surface area contributed by atoms with Crippen LogP contribution in [0.15, 0.2) is 46.9 Å². The van der Waals surface area contributed by atoms with Gasteiger partial charge in [0.15, 0.2) is 0 Å². The van der Waals surface area contributed by atoms with Gasteiger partial charge in [0.2, 0.25) is 11.8 Å². The number of urea groups is 1. The van der Waals surface area contributed by atoms with Crippen molar-refractivity contribution in [3.8, 4) is 5.75 Å². The molecule has 0 unspecified atom stereocenters. The first-order valence-electron chi connectivity index (χ1n) is 19.9. The highest BCUT2D eigenvalue weighted by Gasteiger charge is 2.33. The Balaban J connectivity index is 0.000000234. The number of phenolic OH excluding ortho intramolecular Hbond substituents is 1. The second kappa shape index (κ2) is 20.7. The number of fused-ring (bicyclic) bond motifs is 1. The number of anilines is 1. The zero-order valence-corrected chi connectivity index (χ0v) is 34.5. The highest BCUT2D eigenvalue weighted by Crippen LogP contribution is 2.27. The third kappa shape index (κ3) is 11.6. The maximum Gasteiger partial charge on any atom is 0.409 e. The molecule has 0 saturated carbocycles. The lowest BCUT2D eigenvalue weighted by molar-refractivity contribution is -0.146. The van der Waals surface area contributed by atoms with Crippen molar-refractivity contribution in [2.24, 2.45) is 5.92 Å². The number of amides is 5. The van der Waals surface area contributed by atoms with Crippen LogP contribution in [0, 0.1) is 5.92 Å². The minimum absolute atomic E-state index is 0.0246. The number of hydrogen-bond donors (Lipinski definition) is 2. The molecule has 14 nitrogen and oxygen atoms in total. The fourth-order valence-electron chi connectivity index (χ4n) is 8.05. The highest BCUT2D eigenvalue weighted by molar-refractivity contribution is 9.10. The van der Waals surface area contributed by atoms with Gasteiger partial charge in [-0.05, 0) is 90.7 Å². The summed E-state index contributed by atoms with van der Waals surface area (Å²) in [6.45, 7) is 10.6. The lowest BCUT2D eigenvalue weighted by atomic mass is 9.98. The molecule has 1 atom stereocenters. The summed E-state index contributed by atoms with van der Waals surface area (Å²) in [6, 6.07) is 13.9. The van der Waals surface area contributed by atoms with Crippen LogP contribution in [0.4, 0.5) is 15.3 Å². The minimum atomic E-state index is -0.316. The number of nitrogens with one attached hydrogen (secondary N) is 1. The second-order valence-electron chi connectivity index (χ2n) is 14.9. The molecule has 0 aromatic heterocycles. The Morgan fingerprint density at radius 3 is 2.18 bits per heavy atom. The van der Waals surface area contributed by atoms with Crippen LogP contribution < -0.4 is 5.32 Å². The molecule has 0 radical (unpaired) electrons. The molecule has 6 rings (SSSR count). The summed E-state index contributed by atoms with van der Waals surface area (Å²) in [5.41, 5.74) is 3.10. The van der Waals surface area contributed by atoms with Gasteiger partial charge in [0, 0.05) is 89.0 Å². The SMILES string of the molecule is CCOC(=O)CCC(=O)N1CCC(N2CCN(C(=O)[C@H](C)Cc3ccc(O)c(Br)c3)CC2)CC1.COC(=O)N1CCC(N2CCc3ccccc3NC2=O)CC1. The van der Waals surface area contributed by atoms with Crippen molar-refractivity contribution >= 4 is 51.5 Å². The third-order valence-corrected chi connectivity index (χ3v) is 11.9. The summed E-state index contributed by atoms with van der Waals surface area (Å²) in [4.78, 5) is 70.7. The summed E-state index contributed by atoms with van der Waals surface area (Å²) in [5.74, 6) is -0.0385. The van der Waals surface area contributed by atoms with Gasteiger partial charge in [0.25, 0.3) is 0 Å². The number of rotatable bonds is 9. The number of piperidine rings is 2. The zero-order chi connectivity index (χ0) is 40.2. The van der Waals surface area contributed by atoms with E-state index in [0.29, 0.717) is 56.3 Å². The van der Waals surface area contributed by atoms with Gasteiger partial charge < -0.3 is 39.5 Å². The van der Waals surface area contributed by atoms with Gasteiger partial charge in [-0.2, -0.15) is 0 Å². The number of carbonyl (C=O) groups excluding carboxylic acids is 5. The maximum absolute atomic E-state index is 13.0. The molecule has 0 bridgehead atoms.